The molecule has 3 N–H and O–H groups in total. The van der Waals surface area contributed by atoms with E-state index in [0.29, 0.717) is 10.8 Å². The first-order chi connectivity index (χ1) is 8.35. The molecule has 0 saturated heterocycles. The molecule has 0 spiro atoms. The maximum Gasteiger partial charge on any atom is 0.255 e. The second-order valence-electron chi connectivity index (χ2n) is 4.27. The van der Waals surface area contributed by atoms with Crippen molar-refractivity contribution in [3.63, 3.8) is 0 Å². The summed E-state index contributed by atoms with van der Waals surface area (Å²) in [5, 5.41) is 22.4. The molecule has 1 amide bonds. The minimum atomic E-state index is -0.975. The minimum absolute atomic E-state index is 0.120. The third-order valence-electron chi connectivity index (χ3n) is 2.29. The lowest BCUT2D eigenvalue weighted by Gasteiger charge is -2.22. The van der Waals surface area contributed by atoms with Crippen LogP contribution >= 0.6 is 23.4 Å². The van der Waals surface area contributed by atoms with E-state index in [1.54, 1.807) is 6.92 Å². The molecule has 0 radical (unpaired) electrons. The van der Waals surface area contributed by atoms with Crippen LogP contribution in [0.1, 0.15) is 17.3 Å². The van der Waals surface area contributed by atoms with Crippen LogP contribution in [0.3, 0.4) is 0 Å². The van der Waals surface area contributed by atoms with Crippen LogP contribution in [0.25, 0.3) is 0 Å². The van der Waals surface area contributed by atoms with Crippen LogP contribution in [0, 0.1) is 0 Å². The lowest BCUT2D eigenvalue weighted by molar-refractivity contribution is 0.0723. The molecule has 0 bridgehead atoms. The lowest BCUT2D eigenvalue weighted by Crippen LogP contribution is -2.42. The number of aromatic hydroxyl groups is 1. The maximum atomic E-state index is 11.8. The summed E-state index contributed by atoms with van der Waals surface area (Å²) in [7, 11) is 0. The highest BCUT2D eigenvalue weighted by Gasteiger charge is 2.21. The van der Waals surface area contributed by atoms with Crippen molar-refractivity contribution >= 4 is 29.3 Å². The molecule has 1 aromatic carbocycles. The number of halogens is 1. The average molecular weight is 290 g/mol. The molecule has 0 aliphatic heterocycles. The first-order valence-electron chi connectivity index (χ1n) is 5.34. The first-order valence-corrected chi connectivity index (χ1v) is 7.11. The molecule has 0 aromatic heterocycles. The first kappa shape index (κ1) is 15.1. The van der Waals surface area contributed by atoms with E-state index >= 15 is 0 Å². The molecule has 1 atom stereocenters. The van der Waals surface area contributed by atoms with Crippen molar-refractivity contribution in [3.8, 4) is 5.75 Å². The number of benzene rings is 1. The zero-order chi connectivity index (χ0) is 13.8. The van der Waals surface area contributed by atoms with E-state index in [2.05, 4.69) is 5.32 Å². The number of aliphatic hydroxyl groups is 1. The summed E-state index contributed by atoms with van der Waals surface area (Å²) >= 11 is 7.17. The van der Waals surface area contributed by atoms with Crippen LogP contribution in [-0.4, -0.2) is 40.3 Å². The number of hydrogen-bond donors (Lipinski definition) is 3. The van der Waals surface area contributed by atoms with Gasteiger partial charge in [0.25, 0.3) is 5.91 Å². The molecule has 0 aliphatic rings. The number of phenols is 1. The molecule has 100 valence electrons. The van der Waals surface area contributed by atoms with Crippen molar-refractivity contribution in [1.82, 2.24) is 5.32 Å². The van der Waals surface area contributed by atoms with Crippen molar-refractivity contribution < 1.29 is 15.0 Å². The summed E-state index contributed by atoms with van der Waals surface area (Å²) in [6.45, 7) is 1.76. The molecule has 4 nitrogen and oxygen atoms in total. The van der Waals surface area contributed by atoms with E-state index < -0.39 is 11.5 Å². The summed E-state index contributed by atoms with van der Waals surface area (Å²) < 4.78 is 0. The van der Waals surface area contributed by atoms with Gasteiger partial charge in [0.05, 0.1) is 11.2 Å². The lowest BCUT2D eigenvalue weighted by atomic mass is 10.1. The zero-order valence-corrected chi connectivity index (χ0v) is 11.8. The molecule has 0 heterocycles. The standard InChI is InChI=1S/C12H16ClNO3S/c1-12(17,7-18-2)6-14-11(16)9-4-3-8(13)5-10(9)15/h3-5,15,17H,6-7H2,1-2H3,(H,14,16). The molecule has 6 heteroatoms. The number of rotatable bonds is 5. The number of thioether (sulfide) groups is 1. The van der Waals surface area contributed by atoms with Crippen LogP contribution in [0.2, 0.25) is 5.02 Å². The number of carbonyl (C=O) groups is 1. The smallest absolute Gasteiger partial charge is 0.255 e. The summed E-state index contributed by atoms with van der Waals surface area (Å²) in [5.74, 6) is -0.102. The number of nitrogens with one attached hydrogen (secondary N) is 1. The van der Waals surface area contributed by atoms with E-state index in [-0.39, 0.29) is 17.9 Å². The topological polar surface area (TPSA) is 69.6 Å². The van der Waals surface area contributed by atoms with E-state index in [1.165, 1.54) is 30.0 Å². The van der Waals surface area contributed by atoms with Gasteiger partial charge in [-0.25, -0.2) is 0 Å². The van der Waals surface area contributed by atoms with Gasteiger partial charge in [-0.05, 0) is 31.4 Å². The number of phenolic OH excluding ortho intramolecular Hbond substituents is 1. The third-order valence-corrected chi connectivity index (χ3v) is 3.44. The van der Waals surface area contributed by atoms with Crippen molar-refractivity contribution in [2.75, 3.05) is 18.6 Å². The Labute approximate surface area is 115 Å². The van der Waals surface area contributed by atoms with Gasteiger partial charge < -0.3 is 15.5 Å². The van der Waals surface area contributed by atoms with Crippen LogP contribution in [0.5, 0.6) is 5.75 Å². The van der Waals surface area contributed by atoms with Crippen LogP contribution in [0.4, 0.5) is 0 Å². The van der Waals surface area contributed by atoms with Crippen LogP contribution < -0.4 is 5.32 Å². The second-order valence-corrected chi connectivity index (χ2v) is 5.58. The van der Waals surface area contributed by atoms with Crippen molar-refractivity contribution in [2.24, 2.45) is 0 Å². The Morgan fingerprint density at radius 1 is 1.56 bits per heavy atom. The molecule has 0 saturated carbocycles. The van der Waals surface area contributed by atoms with E-state index in [0.717, 1.165) is 0 Å². The monoisotopic (exact) mass is 289 g/mol. The van der Waals surface area contributed by atoms with Gasteiger partial charge in [0.1, 0.15) is 5.75 Å². The third kappa shape index (κ3) is 4.40. The SMILES string of the molecule is CSCC(C)(O)CNC(=O)c1ccc(Cl)cc1O. The molecular weight excluding hydrogens is 274 g/mol. The Morgan fingerprint density at radius 3 is 2.78 bits per heavy atom. The van der Waals surface area contributed by atoms with Crippen LogP contribution in [-0.2, 0) is 0 Å². The quantitative estimate of drug-likeness (QED) is 0.774. The van der Waals surface area contributed by atoms with Gasteiger partial charge in [0.15, 0.2) is 0 Å². The van der Waals surface area contributed by atoms with Gasteiger partial charge in [0, 0.05) is 17.3 Å². The Kier molecular flexibility index (Phi) is 5.31. The van der Waals surface area contributed by atoms with Crippen LogP contribution in [0.15, 0.2) is 18.2 Å². The highest BCUT2D eigenvalue weighted by Crippen LogP contribution is 2.21. The van der Waals surface area contributed by atoms with Crippen molar-refractivity contribution in [2.45, 2.75) is 12.5 Å². The fourth-order valence-electron chi connectivity index (χ4n) is 1.42. The summed E-state index contributed by atoms with van der Waals surface area (Å²) in [6.07, 6.45) is 1.88. The molecular formula is C12H16ClNO3S. The van der Waals surface area contributed by atoms with Crippen molar-refractivity contribution in [3.05, 3.63) is 28.8 Å². The van der Waals surface area contributed by atoms with E-state index in [9.17, 15) is 15.0 Å². The Hall–Kier alpha value is -0.910. The summed E-state index contributed by atoms with van der Waals surface area (Å²) in [4.78, 5) is 11.8. The van der Waals surface area contributed by atoms with Gasteiger partial charge in [0.2, 0.25) is 0 Å². The predicted octanol–water partition coefficient (Wildman–Crippen LogP) is 1.89. The molecule has 18 heavy (non-hydrogen) atoms. The second kappa shape index (κ2) is 6.31. The van der Waals surface area contributed by atoms with E-state index in [4.69, 9.17) is 11.6 Å². The fraction of sp³-hybridized carbons (Fsp3) is 0.417. The maximum absolute atomic E-state index is 11.8. The Morgan fingerprint density at radius 2 is 2.22 bits per heavy atom. The van der Waals surface area contributed by atoms with E-state index in [1.807, 2.05) is 6.26 Å². The van der Waals surface area contributed by atoms with Gasteiger partial charge in [-0.15, -0.1) is 0 Å². The normalized spacial score (nSPS) is 14.0. The fourth-order valence-corrected chi connectivity index (χ4v) is 2.32. The number of hydrogen-bond acceptors (Lipinski definition) is 4. The van der Waals surface area contributed by atoms with Crippen molar-refractivity contribution in [1.29, 1.82) is 0 Å². The zero-order valence-electron chi connectivity index (χ0n) is 10.2. The van der Waals surface area contributed by atoms with Gasteiger partial charge >= 0.3 is 0 Å². The predicted molar refractivity (Wildman–Crippen MR) is 74.5 cm³/mol. The van der Waals surface area contributed by atoms with Gasteiger partial charge in [-0.2, -0.15) is 11.8 Å². The molecule has 1 unspecified atom stereocenters. The summed E-state index contributed by atoms with van der Waals surface area (Å²) in [6, 6.07) is 4.27. The summed E-state index contributed by atoms with van der Waals surface area (Å²) in [5.41, 5.74) is -0.837. The number of carbonyl (C=O) groups excluding carboxylic acids is 1. The highest BCUT2D eigenvalue weighted by molar-refractivity contribution is 7.98. The number of amides is 1. The highest BCUT2D eigenvalue weighted by atomic mass is 35.5. The molecule has 1 rings (SSSR count). The average Bonchev–Trinajstić information content (AvgIpc) is 2.26. The Bertz CT molecular complexity index is 437. The molecule has 0 fully saturated rings. The van der Waals surface area contributed by atoms with Gasteiger partial charge in [-0.3, -0.25) is 4.79 Å². The molecule has 1 aromatic rings. The molecule has 0 aliphatic carbocycles. The minimum Gasteiger partial charge on any atom is -0.507 e. The Balaban J connectivity index is 2.66. The van der Waals surface area contributed by atoms with Gasteiger partial charge in [-0.1, -0.05) is 11.6 Å². The largest absolute Gasteiger partial charge is 0.507 e.